The van der Waals surface area contributed by atoms with Crippen molar-refractivity contribution in [3.05, 3.63) is 59.2 Å². The van der Waals surface area contributed by atoms with Gasteiger partial charge in [-0.1, -0.05) is 18.2 Å². The van der Waals surface area contributed by atoms with E-state index in [4.69, 9.17) is 14.2 Å². The van der Waals surface area contributed by atoms with Gasteiger partial charge in [-0.15, -0.1) is 0 Å². The first-order valence-electron chi connectivity index (χ1n) is 9.84. The normalized spacial score (nSPS) is 15.2. The minimum atomic E-state index is -0.159. The van der Waals surface area contributed by atoms with E-state index in [0.717, 1.165) is 29.7 Å². The van der Waals surface area contributed by atoms with Crippen LogP contribution >= 0.6 is 0 Å². The Bertz CT molecular complexity index is 799. The number of methoxy groups -OCH3 is 2. The molecule has 1 atom stereocenters. The number of rotatable bonds is 8. The van der Waals surface area contributed by atoms with Gasteiger partial charge in [-0.2, -0.15) is 0 Å². The highest BCUT2D eigenvalue weighted by Gasteiger charge is 2.19. The predicted octanol–water partition coefficient (Wildman–Crippen LogP) is 4.65. The molecule has 3 rings (SSSR count). The molecule has 5 heteroatoms. The zero-order valence-corrected chi connectivity index (χ0v) is 16.9. The lowest BCUT2D eigenvalue weighted by atomic mass is 10.1. The molecule has 2 aromatic rings. The van der Waals surface area contributed by atoms with E-state index in [9.17, 15) is 4.79 Å². The molecule has 0 unspecified atom stereocenters. The molecule has 1 saturated carbocycles. The first-order valence-corrected chi connectivity index (χ1v) is 9.84. The molecule has 1 aliphatic rings. The molecule has 0 bridgehead atoms. The summed E-state index contributed by atoms with van der Waals surface area (Å²) in [6, 6.07) is 13.2. The molecule has 0 radical (unpaired) electrons. The fraction of sp³-hybridized carbons (Fsp3) is 0.435. The third kappa shape index (κ3) is 5.04. The number of carbonyl (C=O) groups is 1. The van der Waals surface area contributed by atoms with Gasteiger partial charge in [0.2, 0.25) is 0 Å². The molecule has 1 aliphatic carbocycles. The molecule has 1 amide bonds. The predicted molar refractivity (Wildman–Crippen MR) is 109 cm³/mol. The molecule has 0 spiro atoms. The van der Waals surface area contributed by atoms with Crippen molar-refractivity contribution in [2.24, 2.45) is 0 Å². The molecule has 150 valence electrons. The monoisotopic (exact) mass is 383 g/mol. The Kier molecular flexibility index (Phi) is 6.93. The van der Waals surface area contributed by atoms with Crippen molar-refractivity contribution in [2.75, 3.05) is 14.2 Å². The van der Waals surface area contributed by atoms with Crippen molar-refractivity contribution in [2.45, 2.75) is 51.4 Å². The van der Waals surface area contributed by atoms with Crippen LogP contribution in [0.5, 0.6) is 11.5 Å². The number of benzene rings is 2. The van der Waals surface area contributed by atoms with Crippen LogP contribution in [0, 0.1) is 0 Å². The Morgan fingerprint density at radius 2 is 1.89 bits per heavy atom. The Morgan fingerprint density at radius 3 is 2.61 bits per heavy atom. The largest absolute Gasteiger partial charge is 0.493 e. The lowest BCUT2D eigenvalue weighted by Crippen LogP contribution is -2.26. The molecule has 1 N–H and O–H groups in total. The average Bonchev–Trinajstić information content (AvgIpc) is 3.21. The maximum Gasteiger partial charge on any atom is 0.251 e. The van der Waals surface area contributed by atoms with Crippen LogP contribution in [0.2, 0.25) is 0 Å². The van der Waals surface area contributed by atoms with Crippen molar-refractivity contribution in [3.63, 3.8) is 0 Å². The lowest BCUT2D eigenvalue weighted by molar-refractivity contribution is 0.0939. The minimum Gasteiger partial charge on any atom is -0.493 e. The van der Waals surface area contributed by atoms with Gasteiger partial charge in [0.05, 0.1) is 25.9 Å². The first kappa shape index (κ1) is 20.2. The summed E-state index contributed by atoms with van der Waals surface area (Å²) >= 11 is 0. The SMILES string of the molecule is COCc1cccc(C(=O)N[C@H](C)c2ccc(OC3CCCC3)c(OC)c2)c1. The molecular formula is C23H29NO4. The number of nitrogens with one attached hydrogen (secondary N) is 1. The molecule has 0 aliphatic heterocycles. The molecule has 28 heavy (non-hydrogen) atoms. The fourth-order valence-corrected chi connectivity index (χ4v) is 3.57. The van der Waals surface area contributed by atoms with E-state index in [2.05, 4.69) is 5.32 Å². The second kappa shape index (κ2) is 9.60. The van der Waals surface area contributed by atoms with E-state index in [1.165, 1.54) is 12.8 Å². The second-order valence-electron chi connectivity index (χ2n) is 7.26. The molecule has 2 aromatic carbocycles. The quantitative estimate of drug-likeness (QED) is 0.721. The van der Waals surface area contributed by atoms with Gasteiger partial charge < -0.3 is 19.5 Å². The highest BCUT2D eigenvalue weighted by Crippen LogP contribution is 2.33. The van der Waals surface area contributed by atoms with Crippen molar-refractivity contribution >= 4 is 5.91 Å². The van der Waals surface area contributed by atoms with Gasteiger partial charge in [0.15, 0.2) is 11.5 Å². The van der Waals surface area contributed by atoms with Crippen LogP contribution < -0.4 is 14.8 Å². The molecule has 1 fully saturated rings. The van der Waals surface area contributed by atoms with Gasteiger partial charge in [0, 0.05) is 12.7 Å². The standard InChI is InChI=1S/C23H29NO4/c1-16(24-23(25)19-8-6-7-17(13-19)15-26-2)18-11-12-21(22(14-18)27-3)28-20-9-4-5-10-20/h6-8,11-14,16,20H,4-5,9-10,15H2,1-3H3,(H,24,25)/t16-/m1/s1. The van der Waals surface area contributed by atoms with E-state index in [-0.39, 0.29) is 18.1 Å². The van der Waals surface area contributed by atoms with E-state index < -0.39 is 0 Å². The summed E-state index contributed by atoms with van der Waals surface area (Å²) < 4.78 is 16.8. The van der Waals surface area contributed by atoms with Crippen molar-refractivity contribution in [1.29, 1.82) is 0 Å². The summed E-state index contributed by atoms with van der Waals surface area (Å²) in [6.07, 6.45) is 4.91. The van der Waals surface area contributed by atoms with Crippen molar-refractivity contribution < 1.29 is 19.0 Å². The van der Waals surface area contributed by atoms with E-state index in [1.807, 2.05) is 43.3 Å². The Balaban J connectivity index is 1.68. The first-order chi connectivity index (χ1) is 13.6. The van der Waals surface area contributed by atoms with Crippen LogP contribution in [0.1, 0.15) is 60.1 Å². The Labute approximate surface area is 167 Å². The number of amides is 1. The zero-order valence-electron chi connectivity index (χ0n) is 16.9. The highest BCUT2D eigenvalue weighted by atomic mass is 16.5. The summed E-state index contributed by atoms with van der Waals surface area (Å²) in [6.45, 7) is 2.44. The lowest BCUT2D eigenvalue weighted by Gasteiger charge is -2.19. The maximum atomic E-state index is 12.6. The zero-order chi connectivity index (χ0) is 19.9. The molecule has 0 aromatic heterocycles. The summed E-state index contributed by atoms with van der Waals surface area (Å²) in [5.41, 5.74) is 2.56. The number of hydrogen-bond acceptors (Lipinski definition) is 4. The van der Waals surface area contributed by atoms with Gasteiger partial charge in [-0.05, 0) is 68.0 Å². The van der Waals surface area contributed by atoms with Crippen LogP contribution in [0.4, 0.5) is 0 Å². The maximum absolute atomic E-state index is 12.6. The molecular weight excluding hydrogens is 354 g/mol. The van der Waals surface area contributed by atoms with Crippen molar-refractivity contribution in [1.82, 2.24) is 5.32 Å². The van der Waals surface area contributed by atoms with Gasteiger partial charge in [0.1, 0.15) is 0 Å². The highest BCUT2D eigenvalue weighted by molar-refractivity contribution is 5.94. The third-order valence-electron chi connectivity index (χ3n) is 5.13. The van der Waals surface area contributed by atoms with Crippen LogP contribution in [0.15, 0.2) is 42.5 Å². The van der Waals surface area contributed by atoms with Crippen molar-refractivity contribution in [3.8, 4) is 11.5 Å². The number of ether oxygens (including phenoxy) is 3. The van der Waals surface area contributed by atoms with Crippen LogP contribution in [0.25, 0.3) is 0 Å². The Hall–Kier alpha value is -2.53. The fourth-order valence-electron chi connectivity index (χ4n) is 3.57. The number of hydrogen-bond donors (Lipinski definition) is 1. The van der Waals surface area contributed by atoms with Gasteiger partial charge >= 0.3 is 0 Å². The second-order valence-corrected chi connectivity index (χ2v) is 7.26. The van der Waals surface area contributed by atoms with Gasteiger partial charge in [0.25, 0.3) is 5.91 Å². The summed E-state index contributed by atoms with van der Waals surface area (Å²) in [5.74, 6) is 1.35. The van der Waals surface area contributed by atoms with E-state index >= 15 is 0 Å². The summed E-state index contributed by atoms with van der Waals surface area (Å²) in [4.78, 5) is 12.6. The van der Waals surface area contributed by atoms with E-state index in [1.54, 1.807) is 20.3 Å². The van der Waals surface area contributed by atoms with Crippen LogP contribution in [-0.4, -0.2) is 26.2 Å². The average molecular weight is 383 g/mol. The van der Waals surface area contributed by atoms with Gasteiger partial charge in [-0.3, -0.25) is 4.79 Å². The Morgan fingerprint density at radius 1 is 1.11 bits per heavy atom. The molecule has 0 saturated heterocycles. The molecule has 5 nitrogen and oxygen atoms in total. The van der Waals surface area contributed by atoms with Crippen LogP contribution in [-0.2, 0) is 11.3 Å². The third-order valence-corrected chi connectivity index (χ3v) is 5.13. The smallest absolute Gasteiger partial charge is 0.251 e. The molecule has 0 heterocycles. The topological polar surface area (TPSA) is 56.8 Å². The number of carbonyl (C=O) groups excluding carboxylic acids is 1. The summed E-state index contributed by atoms with van der Waals surface area (Å²) in [7, 11) is 3.29. The minimum absolute atomic E-state index is 0.115. The van der Waals surface area contributed by atoms with Crippen LogP contribution in [0.3, 0.4) is 0 Å². The van der Waals surface area contributed by atoms with Gasteiger partial charge in [-0.25, -0.2) is 0 Å². The summed E-state index contributed by atoms with van der Waals surface area (Å²) in [5, 5.41) is 3.05. The van der Waals surface area contributed by atoms with E-state index in [0.29, 0.717) is 17.9 Å².